The van der Waals surface area contributed by atoms with Gasteiger partial charge in [0, 0.05) is 18.2 Å². The minimum absolute atomic E-state index is 0.00229. The van der Waals surface area contributed by atoms with Gasteiger partial charge in [-0.3, -0.25) is 27.9 Å². The molecule has 0 amide bonds. The van der Waals surface area contributed by atoms with Crippen molar-refractivity contribution in [1.29, 1.82) is 0 Å². The molecule has 0 spiro atoms. The topological polar surface area (TPSA) is 133 Å². The van der Waals surface area contributed by atoms with Crippen LogP contribution in [0.25, 0.3) is 4.85 Å². The molecule has 2 aliphatic rings. The number of hydrogen-bond acceptors (Lipinski definition) is 8. The molecule has 2 saturated heterocycles. The van der Waals surface area contributed by atoms with Crippen LogP contribution in [0.1, 0.15) is 18.2 Å². The maximum Gasteiger partial charge on any atom is 0.475 e. The molecule has 12 heteroatoms. The highest BCUT2D eigenvalue weighted by molar-refractivity contribution is 7.48. The van der Waals surface area contributed by atoms with Crippen molar-refractivity contribution in [1.82, 2.24) is 9.55 Å². The molecule has 1 aromatic rings. The summed E-state index contributed by atoms with van der Waals surface area (Å²) in [7, 11) is -3.90. The van der Waals surface area contributed by atoms with Crippen LogP contribution in [0.3, 0.4) is 0 Å². The maximum atomic E-state index is 12.5. The van der Waals surface area contributed by atoms with Crippen LogP contribution in [0.5, 0.6) is 0 Å². The Kier molecular flexibility index (Phi) is 5.16. The summed E-state index contributed by atoms with van der Waals surface area (Å²) < 4.78 is 35.1. The Morgan fingerprint density at radius 2 is 2.35 bits per heavy atom. The second-order valence-electron chi connectivity index (χ2n) is 6.04. The van der Waals surface area contributed by atoms with Crippen LogP contribution < -0.4 is 11.2 Å². The number of aliphatic hydroxyl groups is 1. The van der Waals surface area contributed by atoms with Gasteiger partial charge >= 0.3 is 13.5 Å². The molecular weight excluding hydrogens is 369 g/mol. The van der Waals surface area contributed by atoms with Crippen LogP contribution in [0.2, 0.25) is 0 Å². The van der Waals surface area contributed by atoms with E-state index >= 15 is 0 Å². The molecule has 2 N–H and O–H groups in total. The third kappa shape index (κ3) is 3.40. The monoisotopic (exact) mass is 387 g/mol. The van der Waals surface area contributed by atoms with Gasteiger partial charge in [-0.2, -0.15) is 0 Å². The van der Waals surface area contributed by atoms with Gasteiger partial charge in [0.15, 0.2) is 0 Å². The van der Waals surface area contributed by atoms with E-state index in [0.29, 0.717) is 5.56 Å². The Hall–Kier alpha value is -1.80. The van der Waals surface area contributed by atoms with E-state index in [2.05, 4.69) is 9.83 Å². The SMILES string of the molecule is [C-]#[N+]CCOP1(=O)OC[C@@]2(CO)O[C@@H](n3cc(C)c(=O)[nH]c3=O)C[C@@H]2O1. The van der Waals surface area contributed by atoms with Crippen LogP contribution in [0.15, 0.2) is 15.8 Å². The van der Waals surface area contributed by atoms with Gasteiger partial charge in [0.25, 0.3) is 5.56 Å². The van der Waals surface area contributed by atoms with Crippen molar-refractivity contribution < 1.29 is 28.0 Å². The smallest absolute Gasteiger partial charge is 0.393 e. The molecule has 3 rings (SSSR count). The zero-order valence-corrected chi connectivity index (χ0v) is 14.8. The molecule has 0 radical (unpaired) electrons. The molecule has 0 aliphatic carbocycles. The van der Waals surface area contributed by atoms with E-state index in [0.717, 1.165) is 0 Å². The molecule has 2 fully saturated rings. The highest BCUT2D eigenvalue weighted by Crippen LogP contribution is 2.59. The molecule has 1 unspecified atom stereocenters. The number of aliphatic hydroxyl groups excluding tert-OH is 1. The van der Waals surface area contributed by atoms with E-state index in [1.807, 2.05) is 0 Å². The number of hydrogen-bond donors (Lipinski definition) is 2. The zero-order chi connectivity index (χ0) is 18.9. The number of fused-ring (bicyclic) bond motifs is 1. The average Bonchev–Trinajstić information content (AvgIpc) is 2.97. The molecule has 0 saturated carbocycles. The Labute approximate surface area is 147 Å². The molecule has 3 heterocycles. The fourth-order valence-corrected chi connectivity index (χ4v) is 4.32. The summed E-state index contributed by atoms with van der Waals surface area (Å²) in [5.41, 5.74) is -2.18. The van der Waals surface area contributed by atoms with Crippen LogP contribution in [-0.4, -0.2) is 52.7 Å². The summed E-state index contributed by atoms with van der Waals surface area (Å²) in [4.78, 5) is 28.8. The Bertz CT molecular complexity index is 889. The fraction of sp³-hybridized carbons (Fsp3) is 0.643. The second kappa shape index (κ2) is 7.08. The van der Waals surface area contributed by atoms with Gasteiger partial charge < -0.3 is 14.7 Å². The highest BCUT2D eigenvalue weighted by atomic mass is 31.2. The average molecular weight is 387 g/mol. The molecule has 1 aromatic heterocycles. The molecule has 0 aromatic carbocycles. The number of aryl methyl sites for hydroxylation is 1. The van der Waals surface area contributed by atoms with Gasteiger partial charge in [-0.05, 0) is 6.92 Å². The maximum absolute atomic E-state index is 12.5. The first-order valence-electron chi connectivity index (χ1n) is 7.84. The number of nitrogens with zero attached hydrogens (tertiary/aromatic N) is 2. The third-order valence-electron chi connectivity index (χ3n) is 4.27. The summed E-state index contributed by atoms with van der Waals surface area (Å²) >= 11 is 0. The number of ether oxygens (including phenoxy) is 1. The van der Waals surface area contributed by atoms with Crippen LogP contribution >= 0.6 is 7.82 Å². The third-order valence-corrected chi connectivity index (χ3v) is 5.73. The summed E-state index contributed by atoms with van der Waals surface area (Å²) in [5, 5.41) is 9.77. The van der Waals surface area contributed by atoms with Gasteiger partial charge in [0.05, 0.1) is 13.2 Å². The van der Waals surface area contributed by atoms with E-state index in [4.69, 9.17) is 24.9 Å². The number of aromatic nitrogens is 2. The van der Waals surface area contributed by atoms with Gasteiger partial charge in [0.1, 0.15) is 24.5 Å². The number of phosphoric acid groups is 1. The number of aromatic amines is 1. The van der Waals surface area contributed by atoms with Gasteiger partial charge in [-0.1, -0.05) is 0 Å². The fourth-order valence-electron chi connectivity index (χ4n) is 2.85. The molecule has 0 bridgehead atoms. The van der Waals surface area contributed by atoms with Crippen molar-refractivity contribution in [3.05, 3.63) is 44.0 Å². The summed E-state index contributed by atoms with van der Waals surface area (Å²) in [6.45, 7) is 7.35. The minimum Gasteiger partial charge on any atom is -0.393 e. The second-order valence-corrected chi connectivity index (χ2v) is 7.66. The van der Waals surface area contributed by atoms with Crippen molar-refractivity contribution in [2.45, 2.75) is 31.3 Å². The van der Waals surface area contributed by atoms with E-state index < -0.39 is 43.6 Å². The lowest BCUT2D eigenvalue weighted by atomic mass is 9.99. The lowest BCUT2D eigenvalue weighted by Gasteiger charge is -2.38. The van der Waals surface area contributed by atoms with Crippen molar-refractivity contribution in [2.24, 2.45) is 0 Å². The number of nitrogens with one attached hydrogen (secondary N) is 1. The zero-order valence-electron chi connectivity index (χ0n) is 13.9. The number of phosphoric ester groups is 1. The van der Waals surface area contributed by atoms with Crippen molar-refractivity contribution in [3.8, 4) is 0 Å². The van der Waals surface area contributed by atoms with Crippen molar-refractivity contribution >= 4 is 7.82 Å². The number of rotatable bonds is 5. The van der Waals surface area contributed by atoms with Gasteiger partial charge in [-0.15, -0.1) is 0 Å². The molecule has 4 atom stereocenters. The van der Waals surface area contributed by atoms with E-state index in [-0.39, 0.29) is 26.2 Å². The predicted molar refractivity (Wildman–Crippen MR) is 86.5 cm³/mol. The number of H-pyrrole nitrogens is 1. The standard InChI is InChI=1S/C14H18N3O8P/c1-9-6-17(13(20)16-12(9)19)11-5-10-14(7-18,24-11)8-23-26(21,25-10)22-4-3-15-2/h6,10-11,18H,3-5,7-8H2,1H3,(H,16,19,20)/t10-,11+,14+,26?/m0/s1. The Morgan fingerprint density at radius 3 is 3.04 bits per heavy atom. The van der Waals surface area contributed by atoms with E-state index in [9.17, 15) is 19.3 Å². The first kappa shape index (κ1) is 19.0. The van der Waals surface area contributed by atoms with E-state index in [1.165, 1.54) is 17.7 Å². The normalized spacial score (nSPS) is 33.6. The quantitative estimate of drug-likeness (QED) is 0.408. The minimum atomic E-state index is -3.90. The molecule has 26 heavy (non-hydrogen) atoms. The first-order valence-corrected chi connectivity index (χ1v) is 9.30. The first-order chi connectivity index (χ1) is 12.3. The highest BCUT2D eigenvalue weighted by Gasteiger charge is 2.57. The molecule has 142 valence electrons. The largest absolute Gasteiger partial charge is 0.475 e. The van der Waals surface area contributed by atoms with E-state index in [1.54, 1.807) is 0 Å². The summed E-state index contributed by atoms with van der Waals surface area (Å²) in [6.07, 6.45) is -0.273. The van der Waals surface area contributed by atoms with Gasteiger partial charge in [0.2, 0.25) is 6.54 Å². The molecular formula is C14H18N3O8P. The van der Waals surface area contributed by atoms with Crippen LogP contribution in [-0.2, 0) is 22.9 Å². The lowest BCUT2D eigenvalue weighted by molar-refractivity contribution is -0.166. The van der Waals surface area contributed by atoms with Crippen LogP contribution in [0, 0.1) is 13.5 Å². The summed E-state index contributed by atoms with van der Waals surface area (Å²) in [6, 6.07) is 0. The van der Waals surface area contributed by atoms with Crippen LogP contribution in [0.4, 0.5) is 0 Å². The molecule has 2 aliphatic heterocycles. The van der Waals surface area contributed by atoms with Crippen molar-refractivity contribution in [2.75, 3.05) is 26.4 Å². The van der Waals surface area contributed by atoms with Gasteiger partial charge in [-0.25, -0.2) is 15.9 Å². The lowest BCUT2D eigenvalue weighted by Crippen LogP contribution is -2.51. The van der Waals surface area contributed by atoms with Crippen molar-refractivity contribution in [3.63, 3.8) is 0 Å². The Balaban J connectivity index is 1.83. The summed E-state index contributed by atoms with van der Waals surface area (Å²) in [5.74, 6) is 0. The predicted octanol–water partition coefficient (Wildman–Crippen LogP) is -0.0456. The Morgan fingerprint density at radius 1 is 1.58 bits per heavy atom. The molecule has 11 nitrogen and oxygen atoms in total.